The Morgan fingerprint density at radius 2 is 1.67 bits per heavy atom. The first-order valence-electron chi connectivity index (χ1n) is 7.52. The molecular formula is C17H29N. The lowest BCUT2D eigenvalue weighted by molar-refractivity contribution is 0.494. The van der Waals surface area contributed by atoms with Crippen LogP contribution in [0, 0.1) is 5.92 Å². The summed E-state index contributed by atoms with van der Waals surface area (Å²) in [6.07, 6.45) is 6.39. The third kappa shape index (κ3) is 5.12. The summed E-state index contributed by atoms with van der Waals surface area (Å²) < 4.78 is 0. The van der Waals surface area contributed by atoms with Crippen LogP contribution in [0.1, 0.15) is 58.9 Å². The van der Waals surface area contributed by atoms with Gasteiger partial charge in [-0.3, -0.25) is 0 Å². The number of aryl methyl sites for hydroxylation is 1. The molecular weight excluding hydrogens is 218 g/mol. The maximum absolute atomic E-state index is 3.59. The predicted molar refractivity (Wildman–Crippen MR) is 82.2 cm³/mol. The molecule has 0 aliphatic carbocycles. The molecule has 0 aliphatic heterocycles. The van der Waals surface area contributed by atoms with Crippen molar-refractivity contribution in [3.63, 3.8) is 0 Å². The summed E-state index contributed by atoms with van der Waals surface area (Å²) in [7, 11) is 0. The van der Waals surface area contributed by atoms with Crippen LogP contribution in [-0.4, -0.2) is 6.04 Å². The van der Waals surface area contributed by atoms with Crippen LogP contribution in [0.2, 0.25) is 0 Å². The highest BCUT2D eigenvalue weighted by Crippen LogP contribution is 2.16. The van der Waals surface area contributed by atoms with Gasteiger partial charge in [0.2, 0.25) is 0 Å². The molecule has 0 saturated heterocycles. The molecule has 102 valence electrons. The van der Waals surface area contributed by atoms with Gasteiger partial charge in [0.25, 0.3) is 0 Å². The lowest BCUT2D eigenvalue weighted by Crippen LogP contribution is -2.23. The lowest BCUT2D eigenvalue weighted by Gasteiger charge is -2.21. The zero-order chi connectivity index (χ0) is 13.4. The molecule has 2 atom stereocenters. The summed E-state index contributed by atoms with van der Waals surface area (Å²) in [5.41, 5.74) is 2.72. The van der Waals surface area contributed by atoms with Crippen molar-refractivity contribution in [2.75, 3.05) is 5.32 Å². The second-order valence-electron chi connectivity index (χ2n) is 5.47. The zero-order valence-electron chi connectivity index (χ0n) is 12.5. The standard InChI is InChI=1S/C17H29N/c1-5-7-8-9-16-10-12-17(13-11-16)18-15(4)14(3)6-2/h10-15,18H,5-9H2,1-4H3. The van der Waals surface area contributed by atoms with E-state index >= 15 is 0 Å². The summed E-state index contributed by atoms with van der Waals surface area (Å²) in [6.45, 7) is 9.07. The SMILES string of the molecule is CCCCCc1ccc(NC(C)C(C)CC)cc1. The number of hydrogen-bond donors (Lipinski definition) is 1. The van der Waals surface area contributed by atoms with Crippen molar-refractivity contribution < 1.29 is 0 Å². The third-order valence-corrected chi connectivity index (χ3v) is 3.91. The summed E-state index contributed by atoms with van der Waals surface area (Å²) in [6, 6.07) is 9.52. The molecule has 0 aliphatic rings. The minimum Gasteiger partial charge on any atom is -0.382 e. The lowest BCUT2D eigenvalue weighted by atomic mass is 10.0. The van der Waals surface area contributed by atoms with E-state index in [0.29, 0.717) is 12.0 Å². The highest BCUT2D eigenvalue weighted by Gasteiger charge is 2.09. The van der Waals surface area contributed by atoms with Gasteiger partial charge in [-0.15, -0.1) is 0 Å². The normalized spacial score (nSPS) is 14.2. The largest absolute Gasteiger partial charge is 0.382 e. The van der Waals surface area contributed by atoms with Gasteiger partial charge in [-0.25, -0.2) is 0 Å². The average molecular weight is 247 g/mol. The van der Waals surface area contributed by atoms with Gasteiger partial charge in [0.15, 0.2) is 0 Å². The second kappa shape index (κ2) is 8.18. The van der Waals surface area contributed by atoms with Crippen molar-refractivity contribution >= 4 is 5.69 Å². The summed E-state index contributed by atoms with van der Waals surface area (Å²) >= 11 is 0. The number of unbranched alkanes of at least 4 members (excludes halogenated alkanes) is 2. The number of anilines is 1. The van der Waals surface area contributed by atoms with E-state index in [1.807, 2.05) is 0 Å². The Balaban J connectivity index is 2.44. The molecule has 1 rings (SSSR count). The molecule has 18 heavy (non-hydrogen) atoms. The molecule has 0 fully saturated rings. The van der Waals surface area contributed by atoms with Gasteiger partial charge in [0, 0.05) is 11.7 Å². The van der Waals surface area contributed by atoms with E-state index in [1.165, 1.54) is 43.4 Å². The smallest absolute Gasteiger partial charge is 0.0342 e. The summed E-state index contributed by atoms with van der Waals surface area (Å²) in [5.74, 6) is 0.717. The molecule has 0 heterocycles. The minimum atomic E-state index is 0.543. The van der Waals surface area contributed by atoms with Gasteiger partial charge >= 0.3 is 0 Å². The van der Waals surface area contributed by atoms with E-state index in [-0.39, 0.29) is 0 Å². The molecule has 0 amide bonds. The molecule has 2 unspecified atom stereocenters. The average Bonchev–Trinajstić information content (AvgIpc) is 2.40. The van der Waals surface area contributed by atoms with Crippen molar-refractivity contribution in [3.05, 3.63) is 29.8 Å². The summed E-state index contributed by atoms with van der Waals surface area (Å²) in [5, 5.41) is 3.59. The van der Waals surface area contributed by atoms with E-state index in [2.05, 4.69) is 57.3 Å². The fourth-order valence-corrected chi connectivity index (χ4v) is 2.11. The molecule has 1 aromatic carbocycles. The van der Waals surface area contributed by atoms with Gasteiger partial charge in [0.1, 0.15) is 0 Å². The van der Waals surface area contributed by atoms with Crippen LogP contribution in [0.15, 0.2) is 24.3 Å². The molecule has 0 spiro atoms. The number of hydrogen-bond acceptors (Lipinski definition) is 1. The van der Waals surface area contributed by atoms with Crippen LogP contribution >= 0.6 is 0 Å². The maximum atomic E-state index is 3.59. The van der Waals surface area contributed by atoms with Crippen molar-refractivity contribution in [2.24, 2.45) is 5.92 Å². The van der Waals surface area contributed by atoms with Gasteiger partial charge in [0.05, 0.1) is 0 Å². The van der Waals surface area contributed by atoms with E-state index in [0.717, 1.165) is 0 Å². The quantitative estimate of drug-likeness (QED) is 0.617. The Morgan fingerprint density at radius 3 is 2.22 bits per heavy atom. The third-order valence-electron chi connectivity index (χ3n) is 3.91. The van der Waals surface area contributed by atoms with E-state index in [9.17, 15) is 0 Å². The van der Waals surface area contributed by atoms with Crippen LogP contribution in [0.25, 0.3) is 0 Å². The fraction of sp³-hybridized carbons (Fsp3) is 0.647. The Hall–Kier alpha value is -0.980. The van der Waals surface area contributed by atoms with Gasteiger partial charge < -0.3 is 5.32 Å². The molecule has 1 heteroatoms. The number of rotatable bonds is 8. The zero-order valence-corrected chi connectivity index (χ0v) is 12.5. The topological polar surface area (TPSA) is 12.0 Å². The first-order valence-corrected chi connectivity index (χ1v) is 7.52. The number of benzene rings is 1. The molecule has 0 aromatic heterocycles. The Labute approximate surface area is 113 Å². The van der Waals surface area contributed by atoms with Crippen molar-refractivity contribution in [2.45, 2.75) is 65.8 Å². The van der Waals surface area contributed by atoms with Crippen molar-refractivity contribution in [1.82, 2.24) is 0 Å². The first-order chi connectivity index (χ1) is 8.67. The number of nitrogens with one attached hydrogen (secondary N) is 1. The van der Waals surface area contributed by atoms with Crippen LogP contribution in [0.4, 0.5) is 5.69 Å². The van der Waals surface area contributed by atoms with E-state index < -0.39 is 0 Å². The molecule has 0 radical (unpaired) electrons. The van der Waals surface area contributed by atoms with E-state index in [4.69, 9.17) is 0 Å². The molecule has 0 saturated carbocycles. The van der Waals surface area contributed by atoms with Crippen LogP contribution in [0.3, 0.4) is 0 Å². The monoisotopic (exact) mass is 247 g/mol. The Kier molecular flexibility index (Phi) is 6.85. The Morgan fingerprint density at radius 1 is 1.00 bits per heavy atom. The van der Waals surface area contributed by atoms with Crippen LogP contribution < -0.4 is 5.32 Å². The molecule has 0 bridgehead atoms. The predicted octanol–water partition coefficient (Wildman–Crippen LogP) is 5.27. The summed E-state index contributed by atoms with van der Waals surface area (Å²) in [4.78, 5) is 0. The van der Waals surface area contributed by atoms with Gasteiger partial charge in [-0.1, -0.05) is 52.2 Å². The van der Waals surface area contributed by atoms with Crippen molar-refractivity contribution in [1.29, 1.82) is 0 Å². The van der Waals surface area contributed by atoms with Gasteiger partial charge in [-0.2, -0.15) is 0 Å². The Bertz CT molecular complexity index is 315. The van der Waals surface area contributed by atoms with Crippen molar-refractivity contribution in [3.8, 4) is 0 Å². The van der Waals surface area contributed by atoms with Crippen LogP contribution in [-0.2, 0) is 6.42 Å². The highest BCUT2D eigenvalue weighted by molar-refractivity contribution is 5.45. The van der Waals surface area contributed by atoms with Gasteiger partial charge in [-0.05, 0) is 43.4 Å². The molecule has 1 N–H and O–H groups in total. The van der Waals surface area contributed by atoms with E-state index in [1.54, 1.807) is 0 Å². The minimum absolute atomic E-state index is 0.543. The fourth-order valence-electron chi connectivity index (χ4n) is 2.11. The second-order valence-corrected chi connectivity index (χ2v) is 5.47. The molecule has 1 nitrogen and oxygen atoms in total. The highest BCUT2D eigenvalue weighted by atomic mass is 14.9. The first kappa shape index (κ1) is 15.1. The van der Waals surface area contributed by atoms with Crippen LogP contribution in [0.5, 0.6) is 0 Å². The molecule has 1 aromatic rings. The maximum Gasteiger partial charge on any atom is 0.0342 e.